The zero-order valence-electron chi connectivity index (χ0n) is 7.86. The molecule has 0 heterocycles. The third-order valence-corrected chi connectivity index (χ3v) is 1.68. The molecule has 2 N–H and O–H groups in total. The maximum absolute atomic E-state index is 12.1. The molecule has 0 atom stereocenters. The SMILES string of the molecule is N/C(=N\OC(=O)C(F)(F)Cl)c1ccccc1. The van der Waals surface area contributed by atoms with Gasteiger partial charge in [-0.05, 0) is 11.6 Å². The highest BCUT2D eigenvalue weighted by Crippen LogP contribution is 2.20. The van der Waals surface area contributed by atoms with Gasteiger partial charge in [0.2, 0.25) is 0 Å². The highest BCUT2D eigenvalue weighted by Gasteiger charge is 2.38. The van der Waals surface area contributed by atoms with E-state index in [0.29, 0.717) is 5.56 Å². The van der Waals surface area contributed by atoms with Crippen molar-refractivity contribution in [2.75, 3.05) is 0 Å². The third-order valence-electron chi connectivity index (χ3n) is 1.53. The number of oxime groups is 1. The second kappa shape index (κ2) is 4.89. The van der Waals surface area contributed by atoms with Crippen LogP contribution in [-0.4, -0.2) is 17.2 Å². The Hall–Kier alpha value is -1.69. The first kappa shape index (κ1) is 12.4. The van der Waals surface area contributed by atoms with Crippen LogP contribution in [0.3, 0.4) is 0 Å². The number of nitrogens with zero attached hydrogens (tertiary/aromatic N) is 1. The fourth-order valence-corrected chi connectivity index (χ4v) is 0.839. The fraction of sp³-hybridized carbons (Fsp3) is 0.111. The van der Waals surface area contributed by atoms with E-state index >= 15 is 0 Å². The zero-order chi connectivity index (χ0) is 12.2. The fourth-order valence-electron chi connectivity index (χ4n) is 0.804. The van der Waals surface area contributed by atoms with E-state index in [4.69, 9.17) is 5.73 Å². The number of carbonyl (C=O) groups excluding carboxylic acids is 1. The quantitative estimate of drug-likeness (QED) is 0.291. The van der Waals surface area contributed by atoms with Gasteiger partial charge in [-0.25, -0.2) is 4.79 Å². The Morgan fingerprint density at radius 1 is 1.38 bits per heavy atom. The lowest BCUT2D eigenvalue weighted by Gasteiger charge is -2.03. The van der Waals surface area contributed by atoms with E-state index in [0.717, 1.165) is 0 Å². The highest BCUT2D eigenvalue weighted by atomic mass is 35.5. The Morgan fingerprint density at radius 3 is 2.44 bits per heavy atom. The monoisotopic (exact) mass is 248 g/mol. The van der Waals surface area contributed by atoms with Crippen molar-refractivity contribution in [3.8, 4) is 0 Å². The molecule has 0 aliphatic rings. The maximum Gasteiger partial charge on any atom is 0.420 e. The van der Waals surface area contributed by atoms with Crippen LogP contribution in [0.5, 0.6) is 0 Å². The Labute approximate surface area is 94.6 Å². The summed E-state index contributed by atoms with van der Waals surface area (Å²) in [7, 11) is 0. The first-order valence-corrected chi connectivity index (χ1v) is 4.46. The summed E-state index contributed by atoms with van der Waals surface area (Å²) in [6, 6.07) is 8.21. The number of carbonyl (C=O) groups is 1. The third kappa shape index (κ3) is 3.47. The molecule has 0 radical (unpaired) electrons. The van der Waals surface area contributed by atoms with Crippen LogP contribution in [0, 0.1) is 0 Å². The van der Waals surface area contributed by atoms with Crippen LogP contribution in [0.25, 0.3) is 0 Å². The second-order valence-electron chi connectivity index (χ2n) is 2.72. The lowest BCUT2D eigenvalue weighted by Crippen LogP contribution is -2.24. The van der Waals surface area contributed by atoms with Gasteiger partial charge >= 0.3 is 11.4 Å². The molecule has 7 heteroatoms. The van der Waals surface area contributed by atoms with Crippen LogP contribution in [0.2, 0.25) is 0 Å². The Morgan fingerprint density at radius 2 is 1.94 bits per heavy atom. The minimum atomic E-state index is -4.11. The molecule has 0 aliphatic heterocycles. The lowest BCUT2D eigenvalue weighted by molar-refractivity contribution is -0.161. The summed E-state index contributed by atoms with van der Waals surface area (Å²) in [5.74, 6) is -2.18. The molecular formula is C9H7ClF2N2O2. The van der Waals surface area contributed by atoms with Crippen molar-refractivity contribution in [2.45, 2.75) is 5.38 Å². The van der Waals surface area contributed by atoms with Crippen molar-refractivity contribution in [3.05, 3.63) is 35.9 Å². The second-order valence-corrected chi connectivity index (χ2v) is 3.19. The Bertz CT molecular complexity index is 404. The van der Waals surface area contributed by atoms with Crippen LogP contribution in [-0.2, 0) is 9.63 Å². The molecule has 0 aromatic heterocycles. The molecule has 0 aliphatic carbocycles. The van der Waals surface area contributed by atoms with Crippen molar-refractivity contribution in [3.63, 3.8) is 0 Å². The molecule has 0 unspecified atom stereocenters. The molecule has 1 aromatic rings. The zero-order valence-corrected chi connectivity index (χ0v) is 8.62. The van der Waals surface area contributed by atoms with E-state index in [2.05, 4.69) is 21.6 Å². The topological polar surface area (TPSA) is 64.7 Å². The minimum Gasteiger partial charge on any atom is -0.380 e. The van der Waals surface area contributed by atoms with Crippen LogP contribution in [0.4, 0.5) is 8.78 Å². The molecule has 0 saturated heterocycles. The van der Waals surface area contributed by atoms with Gasteiger partial charge in [0.1, 0.15) is 0 Å². The van der Waals surface area contributed by atoms with Crippen LogP contribution in [0.1, 0.15) is 5.56 Å². The summed E-state index contributed by atoms with van der Waals surface area (Å²) >= 11 is 4.40. The van der Waals surface area contributed by atoms with E-state index in [1.807, 2.05) is 0 Å². The average Bonchev–Trinajstić information content (AvgIpc) is 2.25. The van der Waals surface area contributed by atoms with Gasteiger partial charge < -0.3 is 10.6 Å². The van der Waals surface area contributed by atoms with Gasteiger partial charge in [-0.15, -0.1) is 0 Å². The van der Waals surface area contributed by atoms with Crippen molar-refractivity contribution < 1.29 is 18.4 Å². The number of hydrogen-bond acceptors (Lipinski definition) is 3. The molecule has 4 nitrogen and oxygen atoms in total. The number of rotatable bonds is 3. The Balaban J connectivity index is 2.70. The summed E-state index contributed by atoms with van der Waals surface area (Å²) in [4.78, 5) is 14.4. The predicted octanol–water partition coefficient (Wildman–Crippen LogP) is 1.68. The van der Waals surface area contributed by atoms with Gasteiger partial charge in [0.05, 0.1) is 0 Å². The summed E-state index contributed by atoms with van der Waals surface area (Å²) in [5, 5.41) is -1.07. The molecular weight excluding hydrogens is 242 g/mol. The molecule has 16 heavy (non-hydrogen) atoms. The number of nitrogens with two attached hydrogens (primary N) is 1. The molecule has 86 valence electrons. The van der Waals surface area contributed by atoms with E-state index in [1.165, 1.54) is 0 Å². The summed E-state index contributed by atoms with van der Waals surface area (Å²) in [5.41, 5.74) is 5.81. The summed E-state index contributed by atoms with van der Waals surface area (Å²) < 4.78 is 24.3. The predicted molar refractivity (Wildman–Crippen MR) is 54.1 cm³/mol. The van der Waals surface area contributed by atoms with Crippen molar-refractivity contribution in [1.82, 2.24) is 0 Å². The summed E-state index contributed by atoms with van der Waals surface area (Å²) in [6.07, 6.45) is 0. The molecule has 0 amide bonds. The van der Waals surface area contributed by atoms with E-state index in [9.17, 15) is 13.6 Å². The van der Waals surface area contributed by atoms with Gasteiger partial charge in [-0.1, -0.05) is 35.5 Å². The van der Waals surface area contributed by atoms with Gasteiger partial charge in [0, 0.05) is 5.56 Å². The largest absolute Gasteiger partial charge is 0.420 e. The number of amidine groups is 1. The highest BCUT2D eigenvalue weighted by molar-refractivity contribution is 6.31. The molecule has 0 saturated carbocycles. The van der Waals surface area contributed by atoms with E-state index in [1.54, 1.807) is 30.3 Å². The van der Waals surface area contributed by atoms with Gasteiger partial charge in [-0.2, -0.15) is 8.78 Å². The molecule has 1 rings (SSSR count). The maximum atomic E-state index is 12.1. The number of halogens is 3. The molecule has 0 spiro atoms. The van der Waals surface area contributed by atoms with Gasteiger partial charge in [0.25, 0.3) is 0 Å². The standard InChI is InChI=1S/C9H7ClF2N2O2/c10-9(11,12)8(15)16-14-7(13)6-4-2-1-3-5-6/h1-5H,(H2,13,14). The van der Waals surface area contributed by atoms with Crippen molar-refractivity contribution in [1.29, 1.82) is 0 Å². The molecule has 0 bridgehead atoms. The van der Waals surface area contributed by atoms with E-state index in [-0.39, 0.29) is 5.84 Å². The first-order valence-electron chi connectivity index (χ1n) is 4.08. The van der Waals surface area contributed by atoms with Crippen LogP contribution < -0.4 is 5.73 Å². The van der Waals surface area contributed by atoms with Gasteiger partial charge in [-0.3, -0.25) is 0 Å². The minimum absolute atomic E-state index is 0.199. The number of benzene rings is 1. The first-order chi connectivity index (χ1) is 7.41. The van der Waals surface area contributed by atoms with Crippen molar-refractivity contribution >= 4 is 23.4 Å². The van der Waals surface area contributed by atoms with E-state index < -0.39 is 11.4 Å². The van der Waals surface area contributed by atoms with Crippen LogP contribution >= 0.6 is 11.6 Å². The van der Waals surface area contributed by atoms with Crippen molar-refractivity contribution in [2.24, 2.45) is 10.9 Å². The number of hydrogen-bond donors (Lipinski definition) is 1. The lowest BCUT2D eigenvalue weighted by atomic mass is 10.2. The average molecular weight is 249 g/mol. The normalized spacial score (nSPS) is 12.3. The van der Waals surface area contributed by atoms with Gasteiger partial charge in [0.15, 0.2) is 5.84 Å². The smallest absolute Gasteiger partial charge is 0.380 e. The summed E-state index contributed by atoms with van der Waals surface area (Å²) in [6.45, 7) is 0. The Kier molecular flexibility index (Phi) is 3.78. The molecule has 1 aromatic carbocycles. The number of alkyl halides is 3. The molecule has 0 fully saturated rings. The van der Waals surface area contributed by atoms with Crippen LogP contribution in [0.15, 0.2) is 35.5 Å².